The molecule has 7 heteroatoms. The van der Waals surface area contributed by atoms with E-state index in [4.69, 9.17) is 10.2 Å². The number of benzene rings is 1. The number of aliphatic hydroxyl groups is 1. The molecule has 110 valence electrons. The predicted octanol–water partition coefficient (Wildman–Crippen LogP) is 1.01. The van der Waals surface area contributed by atoms with E-state index in [0.29, 0.717) is 5.75 Å². The van der Waals surface area contributed by atoms with Gasteiger partial charge < -0.3 is 15.5 Å². The van der Waals surface area contributed by atoms with Crippen molar-refractivity contribution in [2.24, 2.45) is 0 Å². The Balaban J connectivity index is 2.14. The van der Waals surface area contributed by atoms with Gasteiger partial charge in [-0.05, 0) is 17.7 Å². The van der Waals surface area contributed by atoms with Gasteiger partial charge in [0.15, 0.2) is 6.10 Å². The number of hydrogen-bond acceptors (Lipinski definition) is 4. The largest absolute Gasteiger partial charge is 0.479 e. The maximum absolute atomic E-state index is 12.7. The minimum atomic E-state index is -1.46. The van der Waals surface area contributed by atoms with Crippen molar-refractivity contribution in [2.45, 2.75) is 18.3 Å². The number of thioether (sulfide) groups is 1. The Morgan fingerprint density at radius 2 is 1.95 bits per heavy atom. The molecule has 1 amide bonds. The predicted molar refractivity (Wildman–Crippen MR) is 73.8 cm³/mol. The van der Waals surface area contributed by atoms with Gasteiger partial charge in [0.2, 0.25) is 5.91 Å². The molecular formula is C13H16FNO4S. The summed E-state index contributed by atoms with van der Waals surface area (Å²) in [6.07, 6.45) is -1.48. The second-order valence-electron chi connectivity index (χ2n) is 4.11. The van der Waals surface area contributed by atoms with E-state index in [1.54, 1.807) is 12.1 Å². The zero-order chi connectivity index (χ0) is 15.0. The van der Waals surface area contributed by atoms with Crippen molar-refractivity contribution < 1.29 is 24.2 Å². The summed E-state index contributed by atoms with van der Waals surface area (Å²) < 4.78 is 12.7. The van der Waals surface area contributed by atoms with E-state index in [-0.39, 0.29) is 30.4 Å². The van der Waals surface area contributed by atoms with Crippen LogP contribution in [-0.4, -0.2) is 40.5 Å². The lowest BCUT2D eigenvalue weighted by Crippen LogP contribution is -2.31. The summed E-state index contributed by atoms with van der Waals surface area (Å²) in [5.41, 5.74) is 0.922. The van der Waals surface area contributed by atoms with Gasteiger partial charge in [-0.1, -0.05) is 12.1 Å². The topological polar surface area (TPSA) is 86.6 Å². The van der Waals surface area contributed by atoms with Crippen LogP contribution < -0.4 is 5.32 Å². The van der Waals surface area contributed by atoms with Crippen LogP contribution in [0.15, 0.2) is 24.3 Å². The highest BCUT2D eigenvalue weighted by Crippen LogP contribution is 2.12. The molecule has 0 saturated carbocycles. The van der Waals surface area contributed by atoms with Crippen molar-refractivity contribution in [2.75, 3.05) is 12.3 Å². The van der Waals surface area contributed by atoms with Gasteiger partial charge in [-0.25, -0.2) is 9.18 Å². The molecule has 0 aromatic heterocycles. The van der Waals surface area contributed by atoms with Crippen LogP contribution >= 0.6 is 11.8 Å². The third-order valence-corrected chi connectivity index (χ3v) is 3.44. The Morgan fingerprint density at radius 3 is 2.55 bits per heavy atom. The van der Waals surface area contributed by atoms with Crippen molar-refractivity contribution in [3.05, 3.63) is 35.6 Å². The molecule has 0 fully saturated rings. The van der Waals surface area contributed by atoms with E-state index in [1.807, 2.05) is 0 Å². The minimum absolute atomic E-state index is 0.0241. The second kappa shape index (κ2) is 8.55. The molecule has 5 nitrogen and oxygen atoms in total. The Hall–Kier alpha value is -1.60. The third-order valence-electron chi connectivity index (χ3n) is 2.44. The van der Waals surface area contributed by atoms with Crippen LogP contribution in [0.1, 0.15) is 12.0 Å². The molecule has 0 saturated heterocycles. The van der Waals surface area contributed by atoms with Crippen molar-refractivity contribution in [3.63, 3.8) is 0 Å². The Labute approximate surface area is 120 Å². The quantitative estimate of drug-likeness (QED) is 0.667. The highest BCUT2D eigenvalue weighted by Gasteiger charge is 2.12. The first kappa shape index (κ1) is 16.5. The summed E-state index contributed by atoms with van der Waals surface area (Å²) in [7, 11) is 0. The SMILES string of the molecule is O=C(CSCc1ccc(F)cc1)NCC[C@H](O)C(=O)O. The van der Waals surface area contributed by atoms with Gasteiger partial charge in [-0.15, -0.1) is 11.8 Å². The standard InChI is InChI=1S/C13H16FNO4S/c14-10-3-1-9(2-4-10)7-20-8-12(17)15-6-5-11(16)13(18)19/h1-4,11,16H,5-8H2,(H,15,17)(H,18,19)/t11-/m0/s1. The molecule has 1 aromatic rings. The summed E-state index contributed by atoms with van der Waals surface area (Å²) in [6, 6.07) is 6.04. The lowest BCUT2D eigenvalue weighted by atomic mass is 10.2. The van der Waals surface area contributed by atoms with Crippen LogP contribution in [0.2, 0.25) is 0 Å². The zero-order valence-electron chi connectivity index (χ0n) is 10.7. The molecule has 0 aliphatic rings. The van der Waals surface area contributed by atoms with Gasteiger partial charge in [0.1, 0.15) is 5.82 Å². The Kier molecular flexibility index (Phi) is 7.03. The van der Waals surface area contributed by atoms with Gasteiger partial charge in [0, 0.05) is 18.7 Å². The fraction of sp³-hybridized carbons (Fsp3) is 0.385. The second-order valence-corrected chi connectivity index (χ2v) is 5.10. The molecule has 1 rings (SSSR count). The maximum Gasteiger partial charge on any atom is 0.332 e. The van der Waals surface area contributed by atoms with Crippen LogP contribution in [0.5, 0.6) is 0 Å². The van der Waals surface area contributed by atoms with Crippen molar-refractivity contribution in [1.29, 1.82) is 0 Å². The molecule has 0 aliphatic carbocycles. The molecule has 0 unspecified atom stereocenters. The van der Waals surface area contributed by atoms with E-state index in [1.165, 1.54) is 23.9 Å². The molecule has 0 aliphatic heterocycles. The number of carboxylic acids is 1. The Morgan fingerprint density at radius 1 is 1.30 bits per heavy atom. The molecule has 0 spiro atoms. The highest BCUT2D eigenvalue weighted by molar-refractivity contribution is 7.99. The van der Waals surface area contributed by atoms with Gasteiger partial charge >= 0.3 is 5.97 Å². The van der Waals surface area contributed by atoms with Gasteiger partial charge in [0.25, 0.3) is 0 Å². The van der Waals surface area contributed by atoms with E-state index in [0.717, 1.165) is 5.56 Å². The van der Waals surface area contributed by atoms with Gasteiger partial charge in [-0.2, -0.15) is 0 Å². The number of hydrogen-bond donors (Lipinski definition) is 3. The van der Waals surface area contributed by atoms with Gasteiger partial charge in [-0.3, -0.25) is 4.79 Å². The first-order valence-electron chi connectivity index (χ1n) is 5.99. The number of nitrogens with one attached hydrogen (secondary N) is 1. The number of aliphatic carboxylic acids is 1. The zero-order valence-corrected chi connectivity index (χ0v) is 11.5. The average Bonchev–Trinajstić information content (AvgIpc) is 2.40. The number of carbonyl (C=O) groups excluding carboxylic acids is 1. The summed E-state index contributed by atoms with van der Waals surface area (Å²) >= 11 is 1.37. The van der Waals surface area contributed by atoms with Crippen molar-refractivity contribution in [1.82, 2.24) is 5.32 Å². The monoisotopic (exact) mass is 301 g/mol. The maximum atomic E-state index is 12.7. The number of halogens is 1. The number of aliphatic hydroxyl groups excluding tert-OH is 1. The first-order valence-corrected chi connectivity index (χ1v) is 7.14. The minimum Gasteiger partial charge on any atom is -0.479 e. The number of rotatable bonds is 8. The molecule has 0 heterocycles. The third kappa shape index (κ3) is 6.53. The van der Waals surface area contributed by atoms with Crippen LogP contribution in [-0.2, 0) is 15.3 Å². The molecule has 1 aromatic carbocycles. The molecule has 0 radical (unpaired) electrons. The normalized spacial score (nSPS) is 11.9. The molecular weight excluding hydrogens is 285 g/mol. The lowest BCUT2D eigenvalue weighted by molar-refractivity contribution is -0.147. The number of carboxylic acid groups (broad SMARTS) is 1. The molecule has 3 N–H and O–H groups in total. The molecule has 20 heavy (non-hydrogen) atoms. The van der Waals surface area contributed by atoms with Gasteiger partial charge in [0.05, 0.1) is 5.75 Å². The molecule has 0 bridgehead atoms. The van der Waals surface area contributed by atoms with E-state index >= 15 is 0 Å². The highest BCUT2D eigenvalue weighted by atomic mass is 32.2. The number of carbonyl (C=O) groups is 2. The lowest BCUT2D eigenvalue weighted by Gasteiger charge is -2.07. The molecule has 1 atom stereocenters. The van der Waals surface area contributed by atoms with Crippen LogP contribution in [0.3, 0.4) is 0 Å². The smallest absolute Gasteiger partial charge is 0.332 e. The summed E-state index contributed by atoms with van der Waals surface area (Å²) in [5, 5.41) is 20.0. The number of amides is 1. The fourth-order valence-electron chi connectivity index (χ4n) is 1.37. The summed E-state index contributed by atoms with van der Waals surface area (Å²) in [5.74, 6) is -1.01. The Bertz CT molecular complexity index is 452. The summed E-state index contributed by atoms with van der Waals surface area (Å²) in [6.45, 7) is 0.114. The van der Waals surface area contributed by atoms with Crippen LogP contribution in [0.4, 0.5) is 4.39 Å². The van der Waals surface area contributed by atoms with E-state index in [9.17, 15) is 14.0 Å². The van der Waals surface area contributed by atoms with E-state index in [2.05, 4.69) is 5.32 Å². The van der Waals surface area contributed by atoms with Crippen molar-refractivity contribution in [3.8, 4) is 0 Å². The van der Waals surface area contributed by atoms with E-state index < -0.39 is 12.1 Å². The average molecular weight is 301 g/mol. The van der Waals surface area contributed by atoms with Crippen LogP contribution in [0.25, 0.3) is 0 Å². The fourth-order valence-corrected chi connectivity index (χ4v) is 2.18. The van der Waals surface area contributed by atoms with Crippen molar-refractivity contribution >= 4 is 23.6 Å². The van der Waals surface area contributed by atoms with Crippen LogP contribution in [0, 0.1) is 5.82 Å². The first-order chi connectivity index (χ1) is 9.49. The summed E-state index contributed by atoms with van der Waals surface area (Å²) in [4.78, 5) is 21.8.